The predicted octanol–water partition coefficient (Wildman–Crippen LogP) is 5.70. The maximum Gasteiger partial charge on any atom is 0.0409 e. The standard InChI is InChI=1S/C19H24ClN/c1-4-15-9-11-16(12-10-15)19(5-2)21-14(3)17-7-6-8-18(20)13-17/h6-14,19,21H,4-5H2,1-3H3/t14-,19?/m0/s1. The van der Waals surface area contributed by atoms with E-state index in [2.05, 4.69) is 56.4 Å². The quantitative estimate of drug-likeness (QED) is 0.721. The first-order valence-corrected chi connectivity index (χ1v) is 8.12. The van der Waals surface area contributed by atoms with Crippen molar-refractivity contribution in [1.29, 1.82) is 0 Å². The Morgan fingerprint density at radius 2 is 1.71 bits per heavy atom. The van der Waals surface area contributed by atoms with E-state index >= 15 is 0 Å². The molecule has 0 saturated carbocycles. The monoisotopic (exact) mass is 301 g/mol. The van der Waals surface area contributed by atoms with Gasteiger partial charge in [-0.3, -0.25) is 0 Å². The van der Waals surface area contributed by atoms with Gasteiger partial charge in [-0.05, 0) is 48.6 Å². The third kappa shape index (κ3) is 4.33. The summed E-state index contributed by atoms with van der Waals surface area (Å²) >= 11 is 6.08. The summed E-state index contributed by atoms with van der Waals surface area (Å²) in [4.78, 5) is 0. The molecule has 2 rings (SSSR count). The van der Waals surface area contributed by atoms with E-state index in [4.69, 9.17) is 11.6 Å². The minimum atomic E-state index is 0.277. The Bertz CT molecular complexity index is 562. The number of halogens is 1. The normalized spacial score (nSPS) is 13.9. The average Bonchev–Trinajstić information content (AvgIpc) is 2.52. The zero-order valence-corrected chi connectivity index (χ0v) is 13.8. The molecular formula is C19H24ClN. The minimum Gasteiger partial charge on any atom is -0.303 e. The van der Waals surface area contributed by atoms with Crippen molar-refractivity contribution in [3.05, 3.63) is 70.2 Å². The topological polar surface area (TPSA) is 12.0 Å². The molecule has 2 aromatic carbocycles. The molecule has 0 amide bonds. The lowest BCUT2D eigenvalue weighted by atomic mass is 9.99. The van der Waals surface area contributed by atoms with Crippen LogP contribution in [0.15, 0.2) is 48.5 Å². The number of hydrogen-bond donors (Lipinski definition) is 1. The van der Waals surface area contributed by atoms with Gasteiger partial charge in [0, 0.05) is 17.1 Å². The van der Waals surface area contributed by atoms with Gasteiger partial charge in [0.15, 0.2) is 0 Å². The molecular weight excluding hydrogens is 278 g/mol. The molecule has 0 fully saturated rings. The summed E-state index contributed by atoms with van der Waals surface area (Å²) in [6.45, 7) is 6.59. The van der Waals surface area contributed by atoms with Gasteiger partial charge in [-0.1, -0.05) is 61.8 Å². The van der Waals surface area contributed by atoms with Crippen LogP contribution >= 0.6 is 11.6 Å². The lowest BCUT2D eigenvalue weighted by Gasteiger charge is -2.23. The fourth-order valence-corrected chi connectivity index (χ4v) is 2.81. The Balaban J connectivity index is 2.10. The van der Waals surface area contributed by atoms with Crippen molar-refractivity contribution in [3.8, 4) is 0 Å². The molecule has 112 valence electrons. The Kier molecular flexibility index (Phi) is 5.84. The Morgan fingerprint density at radius 1 is 1.00 bits per heavy atom. The Morgan fingerprint density at radius 3 is 2.29 bits per heavy atom. The molecule has 1 unspecified atom stereocenters. The van der Waals surface area contributed by atoms with E-state index in [0.717, 1.165) is 17.9 Å². The molecule has 0 aliphatic rings. The van der Waals surface area contributed by atoms with Crippen LogP contribution in [0, 0.1) is 0 Å². The van der Waals surface area contributed by atoms with E-state index in [0.29, 0.717) is 6.04 Å². The first-order valence-electron chi connectivity index (χ1n) is 7.74. The van der Waals surface area contributed by atoms with Crippen molar-refractivity contribution in [2.45, 2.75) is 45.7 Å². The van der Waals surface area contributed by atoms with Crippen molar-refractivity contribution in [2.24, 2.45) is 0 Å². The highest BCUT2D eigenvalue weighted by Crippen LogP contribution is 2.24. The molecule has 0 radical (unpaired) electrons. The third-order valence-electron chi connectivity index (χ3n) is 4.00. The summed E-state index contributed by atoms with van der Waals surface area (Å²) in [5, 5.41) is 4.50. The van der Waals surface area contributed by atoms with Crippen LogP contribution in [0.4, 0.5) is 0 Å². The van der Waals surface area contributed by atoms with Gasteiger partial charge in [-0.2, -0.15) is 0 Å². The van der Waals surface area contributed by atoms with Crippen LogP contribution in [-0.2, 0) is 6.42 Å². The van der Waals surface area contributed by atoms with Crippen molar-refractivity contribution < 1.29 is 0 Å². The molecule has 2 heteroatoms. The highest BCUT2D eigenvalue weighted by Gasteiger charge is 2.14. The van der Waals surface area contributed by atoms with Gasteiger partial charge < -0.3 is 5.32 Å². The van der Waals surface area contributed by atoms with Crippen molar-refractivity contribution in [2.75, 3.05) is 0 Å². The molecule has 0 aliphatic carbocycles. The zero-order valence-electron chi connectivity index (χ0n) is 13.1. The number of aryl methyl sites for hydroxylation is 1. The smallest absolute Gasteiger partial charge is 0.0409 e. The number of nitrogens with one attached hydrogen (secondary N) is 1. The molecule has 0 spiro atoms. The third-order valence-corrected chi connectivity index (χ3v) is 4.23. The molecule has 1 nitrogen and oxygen atoms in total. The van der Waals surface area contributed by atoms with Crippen LogP contribution in [-0.4, -0.2) is 0 Å². The van der Waals surface area contributed by atoms with Gasteiger partial charge in [0.2, 0.25) is 0 Å². The highest BCUT2D eigenvalue weighted by molar-refractivity contribution is 6.30. The number of benzene rings is 2. The van der Waals surface area contributed by atoms with E-state index in [1.807, 2.05) is 18.2 Å². The fraction of sp³-hybridized carbons (Fsp3) is 0.368. The van der Waals surface area contributed by atoms with Gasteiger partial charge in [-0.25, -0.2) is 0 Å². The van der Waals surface area contributed by atoms with Crippen LogP contribution in [0.5, 0.6) is 0 Å². The molecule has 0 heterocycles. The van der Waals surface area contributed by atoms with Crippen LogP contribution in [0.2, 0.25) is 5.02 Å². The molecule has 0 aliphatic heterocycles. The van der Waals surface area contributed by atoms with Crippen molar-refractivity contribution in [3.63, 3.8) is 0 Å². The molecule has 2 aromatic rings. The predicted molar refractivity (Wildman–Crippen MR) is 91.9 cm³/mol. The lowest BCUT2D eigenvalue weighted by molar-refractivity contribution is 0.456. The maximum absolute atomic E-state index is 6.08. The summed E-state index contributed by atoms with van der Waals surface area (Å²) < 4.78 is 0. The Hall–Kier alpha value is -1.31. The lowest BCUT2D eigenvalue weighted by Crippen LogP contribution is -2.24. The van der Waals surface area contributed by atoms with E-state index in [9.17, 15) is 0 Å². The Labute approximate surface area is 133 Å². The molecule has 0 aromatic heterocycles. The van der Waals surface area contributed by atoms with Gasteiger partial charge in [0.25, 0.3) is 0 Å². The van der Waals surface area contributed by atoms with Crippen LogP contribution in [0.1, 0.15) is 56.0 Å². The fourth-order valence-electron chi connectivity index (χ4n) is 2.61. The first kappa shape index (κ1) is 16.1. The average molecular weight is 302 g/mol. The highest BCUT2D eigenvalue weighted by atomic mass is 35.5. The van der Waals surface area contributed by atoms with Crippen LogP contribution in [0.3, 0.4) is 0 Å². The van der Waals surface area contributed by atoms with Gasteiger partial charge in [-0.15, -0.1) is 0 Å². The SMILES string of the molecule is CCc1ccc(C(CC)N[C@@H](C)c2cccc(Cl)c2)cc1. The summed E-state index contributed by atoms with van der Waals surface area (Å²) in [6.07, 6.45) is 2.15. The van der Waals surface area contributed by atoms with E-state index in [-0.39, 0.29) is 6.04 Å². The summed E-state index contributed by atoms with van der Waals surface area (Å²) in [6, 6.07) is 17.7. The molecule has 21 heavy (non-hydrogen) atoms. The van der Waals surface area contributed by atoms with Crippen LogP contribution in [0.25, 0.3) is 0 Å². The van der Waals surface area contributed by atoms with Gasteiger partial charge in [0.05, 0.1) is 0 Å². The van der Waals surface area contributed by atoms with Crippen molar-refractivity contribution in [1.82, 2.24) is 5.32 Å². The molecule has 0 saturated heterocycles. The van der Waals surface area contributed by atoms with E-state index in [1.165, 1.54) is 16.7 Å². The van der Waals surface area contributed by atoms with E-state index < -0.39 is 0 Å². The summed E-state index contributed by atoms with van der Waals surface area (Å²) in [7, 11) is 0. The molecule has 2 atom stereocenters. The van der Waals surface area contributed by atoms with Gasteiger partial charge >= 0.3 is 0 Å². The minimum absolute atomic E-state index is 0.277. The van der Waals surface area contributed by atoms with Crippen LogP contribution < -0.4 is 5.32 Å². The summed E-state index contributed by atoms with van der Waals surface area (Å²) in [5.41, 5.74) is 3.96. The second kappa shape index (κ2) is 7.63. The number of rotatable bonds is 6. The molecule has 0 bridgehead atoms. The second-order valence-electron chi connectivity index (χ2n) is 5.50. The molecule has 1 N–H and O–H groups in total. The van der Waals surface area contributed by atoms with E-state index in [1.54, 1.807) is 0 Å². The van der Waals surface area contributed by atoms with Crippen molar-refractivity contribution >= 4 is 11.6 Å². The second-order valence-corrected chi connectivity index (χ2v) is 5.94. The number of hydrogen-bond acceptors (Lipinski definition) is 1. The summed E-state index contributed by atoms with van der Waals surface area (Å²) in [5.74, 6) is 0. The maximum atomic E-state index is 6.08. The van der Waals surface area contributed by atoms with Gasteiger partial charge in [0.1, 0.15) is 0 Å². The zero-order chi connectivity index (χ0) is 15.2. The first-order chi connectivity index (χ1) is 10.1. The largest absolute Gasteiger partial charge is 0.303 e.